The summed E-state index contributed by atoms with van der Waals surface area (Å²) in [5.74, 6) is 0.412. The van der Waals surface area contributed by atoms with E-state index in [1.54, 1.807) is 6.20 Å². The fourth-order valence-electron chi connectivity index (χ4n) is 5.28. The normalized spacial score (nSPS) is 21.8. The third kappa shape index (κ3) is 7.75. The summed E-state index contributed by atoms with van der Waals surface area (Å²) < 4.78 is 81.6. The number of nitrogens with one attached hydrogen (secondary N) is 2. The van der Waals surface area contributed by atoms with E-state index in [0.717, 1.165) is 17.7 Å². The van der Waals surface area contributed by atoms with Crippen LogP contribution in [0.1, 0.15) is 49.3 Å². The monoisotopic (exact) mass is 626 g/mol. The molecule has 3 heterocycles. The number of alkyl halides is 6. The molecule has 15 heteroatoms. The van der Waals surface area contributed by atoms with E-state index in [1.165, 1.54) is 6.20 Å². The summed E-state index contributed by atoms with van der Waals surface area (Å²) in [4.78, 5) is 11.9. The molecule has 0 saturated carbocycles. The zero-order chi connectivity index (χ0) is 29.9. The maximum Gasteiger partial charge on any atom is 0.416 e. The highest BCUT2D eigenvalue weighted by molar-refractivity contribution is 6.33. The number of rotatable bonds is 9. The Morgan fingerprint density at radius 3 is 2.34 bits per heavy atom. The second-order valence-electron chi connectivity index (χ2n) is 10.1. The molecule has 4 rings (SSSR count). The van der Waals surface area contributed by atoms with E-state index in [9.17, 15) is 26.3 Å². The van der Waals surface area contributed by atoms with Gasteiger partial charge in [0.2, 0.25) is 5.28 Å². The maximum absolute atomic E-state index is 13.6. The Labute approximate surface area is 243 Å². The fourth-order valence-corrected chi connectivity index (χ4v) is 5.61. The van der Waals surface area contributed by atoms with Crippen LogP contribution < -0.4 is 15.5 Å². The third-order valence-corrected chi connectivity index (χ3v) is 7.72. The molecule has 7 nitrogen and oxygen atoms in total. The van der Waals surface area contributed by atoms with Crippen LogP contribution in [0.2, 0.25) is 10.3 Å². The molecule has 1 aromatic heterocycles. The average Bonchev–Trinajstić information content (AvgIpc) is 3.35. The molecular formula is C26H30Cl2F6N6O. The van der Waals surface area contributed by atoms with Crippen LogP contribution in [0.5, 0.6) is 0 Å². The van der Waals surface area contributed by atoms with Crippen LogP contribution in [0.25, 0.3) is 0 Å². The van der Waals surface area contributed by atoms with E-state index < -0.39 is 29.8 Å². The third-order valence-electron chi connectivity index (χ3n) is 7.27. The molecule has 0 aliphatic carbocycles. The van der Waals surface area contributed by atoms with Crippen molar-refractivity contribution < 1.29 is 31.4 Å². The van der Waals surface area contributed by atoms with Crippen LogP contribution in [0.3, 0.4) is 0 Å². The SMILES string of the molecule is CCC1CC(N(Cc2cc(C(F)(F)F)cc(C(F)(F)F)c2)C2NC=C(CCCO)CN2)CN1c1nc(Cl)ncc1Cl. The summed E-state index contributed by atoms with van der Waals surface area (Å²) in [6, 6.07) is 1.27. The van der Waals surface area contributed by atoms with Crippen LogP contribution in [0.15, 0.2) is 36.2 Å². The van der Waals surface area contributed by atoms with E-state index in [2.05, 4.69) is 20.6 Å². The van der Waals surface area contributed by atoms with Crippen LogP contribution in [0, 0.1) is 0 Å². The predicted octanol–water partition coefficient (Wildman–Crippen LogP) is 5.81. The van der Waals surface area contributed by atoms with Crippen molar-refractivity contribution in [3.05, 3.63) is 63.2 Å². The smallest absolute Gasteiger partial charge is 0.396 e. The molecule has 1 fully saturated rings. The molecule has 3 unspecified atom stereocenters. The zero-order valence-corrected chi connectivity index (χ0v) is 23.5. The molecule has 1 saturated heterocycles. The Kier molecular flexibility index (Phi) is 9.95. The van der Waals surface area contributed by atoms with Gasteiger partial charge in [0, 0.05) is 38.3 Å². The molecular weight excluding hydrogens is 597 g/mol. The Morgan fingerprint density at radius 1 is 1.10 bits per heavy atom. The van der Waals surface area contributed by atoms with Gasteiger partial charge in [0.1, 0.15) is 11.3 Å². The molecule has 226 valence electrons. The van der Waals surface area contributed by atoms with Crippen molar-refractivity contribution in [1.29, 1.82) is 0 Å². The van der Waals surface area contributed by atoms with Crippen molar-refractivity contribution in [3.8, 4) is 0 Å². The van der Waals surface area contributed by atoms with Gasteiger partial charge in [0.15, 0.2) is 5.82 Å². The minimum Gasteiger partial charge on any atom is -0.396 e. The second kappa shape index (κ2) is 12.9. The largest absolute Gasteiger partial charge is 0.416 e. The Morgan fingerprint density at radius 2 is 1.78 bits per heavy atom. The van der Waals surface area contributed by atoms with Gasteiger partial charge in [0.25, 0.3) is 0 Å². The first-order valence-corrected chi connectivity index (χ1v) is 13.8. The number of hydrogen-bond donors (Lipinski definition) is 3. The summed E-state index contributed by atoms with van der Waals surface area (Å²) >= 11 is 12.4. The first kappa shape index (κ1) is 31.6. The Hall–Kier alpha value is -2.32. The highest BCUT2D eigenvalue weighted by atomic mass is 35.5. The van der Waals surface area contributed by atoms with E-state index in [0.29, 0.717) is 44.6 Å². The van der Waals surface area contributed by atoms with E-state index in [-0.39, 0.29) is 47.2 Å². The minimum atomic E-state index is -4.95. The number of benzene rings is 1. The number of hydrogen-bond acceptors (Lipinski definition) is 7. The molecule has 3 N–H and O–H groups in total. The van der Waals surface area contributed by atoms with Gasteiger partial charge in [-0.2, -0.15) is 31.3 Å². The molecule has 2 aliphatic heterocycles. The van der Waals surface area contributed by atoms with E-state index >= 15 is 0 Å². The molecule has 0 spiro atoms. The highest BCUT2D eigenvalue weighted by Crippen LogP contribution is 2.38. The van der Waals surface area contributed by atoms with Crippen molar-refractivity contribution in [2.75, 3.05) is 24.6 Å². The van der Waals surface area contributed by atoms with Gasteiger partial charge in [-0.1, -0.05) is 18.5 Å². The molecule has 0 amide bonds. The van der Waals surface area contributed by atoms with Crippen molar-refractivity contribution in [3.63, 3.8) is 0 Å². The lowest BCUT2D eigenvalue weighted by molar-refractivity contribution is -0.143. The summed E-state index contributed by atoms with van der Waals surface area (Å²) in [6.45, 7) is 2.57. The average molecular weight is 627 g/mol. The number of halogens is 8. The number of aliphatic hydroxyl groups is 1. The van der Waals surface area contributed by atoms with Gasteiger partial charge in [-0.15, -0.1) is 0 Å². The number of anilines is 1. The lowest BCUT2D eigenvalue weighted by Crippen LogP contribution is -2.59. The van der Waals surface area contributed by atoms with Crippen molar-refractivity contribution in [2.45, 2.75) is 69.9 Å². The predicted molar refractivity (Wildman–Crippen MR) is 143 cm³/mol. The first-order chi connectivity index (χ1) is 19.3. The summed E-state index contributed by atoms with van der Waals surface area (Å²) in [5, 5.41) is 15.9. The number of nitrogens with zero attached hydrogens (tertiary/aromatic N) is 4. The number of aliphatic hydroxyl groups excluding tert-OH is 1. The van der Waals surface area contributed by atoms with E-state index in [1.807, 2.05) is 16.7 Å². The molecule has 0 bridgehead atoms. The summed E-state index contributed by atoms with van der Waals surface area (Å²) in [5.41, 5.74) is -1.86. The van der Waals surface area contributed by atoms with Crippen molar-refractivity contribution >= 4 is 29.0 Å². The van der Waals surface area contributed by atoms with Gasteiger partial charge >= 0.3 is 12.4 Å². The van der Waals surface area contributed by atoms with Gasteiger partial charge in [-0.3, -0.25) is 10.2 Å². The van der Waals surface area contributed by atoms with Crippen LogP contribution >= 0.6 is 23.2 Å². The Bertz CT molecular complexity index is 1210. The lowest BCUT2D eigenvalue weighted by atomic mass is 10.0. The first-order valence-electron chi connectivity index (χ1n) is 13.1. The van der Waals surface area contributed by atoms with Gasteiger partial charge in [-0.05, 0) is 72.8 Å². The zero-order valence-electron chi connectivity index (χ0n) is 22.0. The highest BCUT2D eigenvalue weighted by Gasteiger charge is 2.41. The molecule has 1 aromatic carbocycles. The van der Waals surface area contributed by atoms with Crippen LogP contribution in [-0.2, 0) is 18.9 Å². The second-order valence-corrected chi connectivity index (χ2v) is 10.8. The standard InChI is InChI=1S/C26H30Cl2F6N6O/c1-2-19-9-20(14-39(19)22-21(27)12-35-23(28)38-22)40(24-36-10-15(11-37-24)4-3-5-41)13-16-6-17(25(29,30)31)8-18(7-16)26(32,33)34/h6-8,10,12,19-20,24,36-37,41H,2-5,9,11,13-14H2,1H3. The quantitative estimate of drug-likeness (QED) is 0.239. The van der Waals surface area contributed by atoms with Gasteiger partial charge in [-0.25, -0.2) is 4.98 Å². The fraction of sp³-hybridized carbons (Fsp3) is 0.538. The maximum atomic E-state index is 13.6. The number of aromatic nitrogens is 2. The van der Waals surface area contributed by atoms with Crippen LogP contribution in [0.4, 0.5) is 32.2 Å². The molecule has 0 radical (unpaired) electrons. The van der Waals surface area contributed by atoms with Crippen LogP contribution in [-0.4, -0.2) is 58.0 Å². The minimum absolute atomic E-state index is 0.000588. The van der Waals surface area contributed by atoms with Gasteiger partial charge < -0.3 is 15.3 Å². The Balaban J connectivity index is 1.70. The summed E-state index contributed by atoms with van der Waals surface area (Å²) in [7, 11) is 0. The lowest BCUT2D eigenvalue weighted by Gasteiger charge is -2.39. The molecule has 3 atom stereocenters. The summed E-state index contributed by atoms with van der Waals surface area (Å²) in [6.07, 6.45) is -4.92. The molecule has 2 aromatic rings. The van der Waals surface area contributed by atoms with Crippen molar-refractivity contribution in [1.82, 2.24) is 25.5 Å². The molecule has 41 heavy (non-hydrogen) atoms. The van der Waals surface area contributed by atoms with E-state index in [4.69, 9.17) is 28.3 Å². The van der Waals surface area contributed by atoms with Crippen molar-refractivity contribution in [2.24, 2.45) is 0 Å². The van der Waals surface area contributed by atoms with Gasteiger partial charge in [0.05, 0.1) is 17.3 Å². The topological polar surface area (TPSA) is 76.6 Å². The molecule has 2 aliphatic rings.